The molecule has 1 saturated carbocycles. The van der Waals surface area contributed by atoms with Gasteiger partial charge in [0.2, 0.25) is 5.91 Å². The molecule has 1 unspecified atom stereocenters. The Morgan fingerprint density at radius 1 is 1.24 bits per heavy atom. The minimum absolute atomic E-state index is 0.0120. The first-order valence-corrected chi connectivity index (χ1v) is 7.98. The summed E-state index contributed by atoms with van der Waals surface area (Å²) in [4.78, 5) is 12.1. The monoisotopic (exact) mass is 360 g/mol. The highest BCUT2D eigenvalue weighted by Gasteiger charge is 2.20. The fourth-order valence-electron chi connectivity index (χ4n) is 2.51. The predicted octanol–water partition coefficient (Wildman–Crippen LogP) is 3.98. The zero-order valence-corrected chi connectivity index (χ0v) is 13.5. The van der Waals surface area contributed by atoms with Crippen molar-refractivity contribution < 1.29 is 13.6 Å². The van der Waals surface area contributed by atoms with E-state index < -0.39 is 17.7 Å². The number of hydrogen-bond donors (Lipinski definition) is 2. The average molecular weight is 361 g/mol. The fourth-order valence-corrected chi connectivity index (χ4v) is 2.82. The van der Waals surface area contributed by atoms with E-state index in [0.29, 0.717) is 0 Å². The van der Waals surface area contributed by atoms with Gasteiger partial charge in [-0.15, -0.1) is 0 Å². The normalized spacial score (nSPS) is 17.3. The molecule has 0 saturated heterocycles. The van der Waals surface area contributed by atoms with Gasteiger partial charge in [-0.1, -0.05) is 19.3 Å². The van der Waals surface area contributed by atoms with Crippen LogP contribution in [0.15, 0.2) is 16.6 Å². The lowest BCUT2D eigenvalue weighted by Gasteiger charge is -2.25. The second kappa shape index (κ2) is 7.20. The van der Waals surface area contributed by atoms with E-state index in [9.17, 15) is 13.6 Å². The predicted molar refractivity (Wildman–Crippen MR) is 82.2 cm³/mol. The molecule has 0 aliphatic heterocycles. The molecule has 0 heterocycles. The van der Waals surface area contributed by atoms with Crippen LogP contribution < -0.4 is 10.6 Å². The van der Waals surface area contributed by atoms with Crippen molar-refractivity contribution in [3.63, 3.8) is 0 Å². The summed E-state index contributed by atoms with van der Waals surface area (Å²) in [6, 6.07) is 1.66. The topological polar surface area (TPSA) is 41.1 Å². The molecule has 0 spiro atoms. The van der Waals surface area contributed by atoms with Gasteiger partial charge in [-0.3, -0.25) is 4.79 Å². The molecule has 2 rings (SSSR count). The van der Waals surface area contributed by atoms with Gasteiger partial charge in [-0.25, -0.2) is 8.78 Å². The molecule has 6 heteroatoms. The van der Waals surface area contributed by atoms with Crippen LogP contribution in [-0.2, 0) is 4.79 Å². The molecule has 0 radical (unpaired) electrons. The number of amides is 1. The van der Waals surface area contributed by atoms with Gasteiger partial charge in [-0.05, 0) is 41.8 Å². The fraction of sp³-hybridized carbons (Fsp3) is 0.533. The first-order valence-electron chi connectivity index (χ1n) is 7.19. The van der Waals surface area contributed by atoms with Crippen molar-refractivity contribution in [3.8, 4) is 0 Å². The maximum absolute atomic E-state index is 13.7. The molecular formula is C15H19BrF2N2O. The van der Waals surface area contributed by atoms with Gasteiger partial charge in [0.1, 0.15) is 17.7 Å². The highest BCUT2D eigenvalue weighted by molar-refractivity contribution is 9.10. The Morgan fingerprint density at radius 2 is 1.90 bits per heavy atom. The Labute approximate surface area is 131 Å². The zero-order chi connectivity index (χ0) is 15.4. The number of benzene rings is 1. The minimum Gasteiger partial charge on any atom is -0.371 e. The Hall–Kier alpha value is -1.17. The molecule has 1 atom stereocenters. The van der Waals surface area contributed by atoms with Gasteiger partial charge in [0.05, 0.1) is 10.2 Å². The van der Waals surface area contributed by atoms with Crippen LogP contribution in [0, 0.1) is 11.6 Å². The summed E-state index contributed by atoms with van der Waals surface area (Å²) in [6.07, 6.45) is 5.43. The van der Waals surface area contributed by atoms with Crippen LogP contribution in [0.25, 0.3) is 0 Å². The van der Waals surface area contributed by atoms with Crippen LogP contribution in [0.3, 0.4) is 0 Å². The first kappa shape index (κ1) is 16.2. The summed E-state index contributed by atoms with van der Waals surface area (Å²) in [7, 11) is 0. The highest BCUT2D eigenvalue weighted by Crippen LogP contribution is 2.24. The molecule has 2 N–H and O–H groups in total. The van der Waals surface area contributed by atoms with Crippen LogP contribution in [0.2, 0.25) is 0 Å². The molecule has 0 bridgehead atoms. The van der Waals surface area contributed by atoms with Crippen molar-refractivity contribution in [2.75, 3.05) is 5.32 Å². The number of carbonyl (C=O) groups excluding carboxylic acids is 1. The van der Waals surface area contributed by atoms with E-state index in [0.717, 1.165) is 37.8 Å². The lowest BCUT2D eigenvalue weighted by molar-refractivity contribution is -0.122. The number of anilines is 1. The molecule has 1 amide bonds. The Morgan fingerprint density at radius 3 is 2.57 bits per heavy atom. The molecule has 1 aliphatic rings. The van der Waals surface area contributed by atoms with E-state index >= 15 is 0 Å². The third-order valence-electron chi connectivity index (χ3n) is 3.73. The molecule has 1 aliphatic carbocycles. The van der Waals surface area contributed by atoms with Crippen LogP contribution >= 0.6 is 15.9 Å². The molecule has 116 valence electrons. The lowest BCUT2D eigenvalue weighted by Crippen LogP contribution is -2.44. The first-order chi connectivity index (χ1) is 9.97. The SMILES string of the molecule is CC(Nc1cc(F)c(Br)cc1F)C(=O)NC1CCCCC1. The van der Waals surface area contributed by atoms with Crippen LogP contribution in [0.4, 0.5) is 14.5 Å². The number of nitrogens with one attached hydrogen (secondary N) is 2. The summed E-state index contributed by atoms with van der Waals surface area (Å²) in [6.45, 7) is 1.64. The number of rotatable bonds is 4. The smallest absolute Gasteiger partial charge is 0.242 e. The van der Waals surface area contributed by atoms with Crippen LogP contribution in [0.1, 0.15) is 39.0 Å². The zero-order valence-electron chi connectivity index (χ0n) is 11.9. The molecule has 1 fully saturated rings. The summed E-state index contributed by atoms with van der Waals surface area (Å²) in [5, 5.41) is 5.68. The van der Waals surface area contributed by atoms with Crippen molar-refractivity contribution in [2.24, 2.45) is 0 Å². The number of hydrogen-bond acceptors (Lipinski definition) is 2. The molecule has 21 heavy (non-hydrogen) atoms. The standard InChI is InChI=1S/C15H19BrF2N2O/c1-9(15(21)20-10-5-3-2-4-6-10)19-14-8-12(17)11(16)7-13(14)18/h7-10,19H,2-6H2,1H3,(H,20,21). The molecule has 1 aromatic carbocycles. The van der Waals surface area contributed by atoms with Gasteiger partial charge in [-0.2, -0.15) is 0 Å². The van der Waals surface area contributed by atoms with Crippen molar-refractivity contribution >= 4 is 27.5 Å². The Kier molecular flexibility index (Phi) is 5.56. The summed E-state index contributed by atoms with van der Waals surface area (Å²) >= 11 is 2.92. The van der Waals surface area contributed by atoms with Gasteiger partial charge in [0, 0.05) is 12.1 Å². The summed E-state index contributed by atoms with van der Waals surface area (Å²) in [5.41, 5.74) is -0.0120. The molecular weight excluding hydrogens is 342 g/mol. The Balaban J connectivity index is 1.95. The summed E-state index contributed by atoms with van der Waals surface area (Å²) < 4.78 is 27.2. The summed E-state index contributed by atoms with van der Waals surface area (Å²) in [5.74, 6) is -1.36. The lowest BCUT2D eigenvalue weighted by atomic mass is 9.95. The van der Waals surface area contributed by atoms with Crippen molar-refractivity contribution in [2.45, 2.75) is 51.1 Å². The van der Waals surface area contributed by atoms with Gasteiger partial charge in [0.25, 0.3) is 0 Å². The largest absolute Gasteiger partial charge is 0.371 e. The Bertz CT molecular complexity index is 519. The van der Waals surface area contributed by atoms with E-state index in [2.05, 4.69) is 26.6 Å². The van der Waals surface area contributed by atoms with Gasteiger partial charge < -0.3 is 10.6 Å². The van der Waals surface area contributed by atoms with Crippen LogP contribution in [-0.4, -0.2) is 18.0 Å². The van der Waals surface area contributed by atoms with Crippen molar-refractivity contribution in [3.05, 3.63) is 28.2 Å². The average Bonchev–Trinajstić information content (AvgIpc) is 2.45. The minimum atomic E-state index is -0.623. The molecule has 1 aromatic rings. The second-order valence-corrected chi connectivity index (χ2v) is 6.31. The van der Waals surface area contributed by atoms with E-state index in [1.54, 1.807) is 6.92 Å². The quantitative estimate of drug-likeness (QED) is 0.797. The van der Waals surface area contributed by atoms with Gasteiger partial charge >= 0.3 is 0 Å². The van der Waals surface area contributed by atoms with Crippen molar-refractivity contribution in [1.29, 1.82) is 0 Å². The van der Waals surface area contributed by atoms with Crippen LogP contribution in [0.5, 0.6) is 0 Å². The second-order valence-electron chi connectivity index (χ2n) is 5.46. The van der Waals surface area contributed by atoms with Crippen molar-refractivity contribution in [1.82, 2.24) is 5.32 Å². The van der Waals surface area contributed by atoms with E-state index in [4.69, 9.17) is 0 Å². The maximum atomic E-state index is 13.7. The third-order valence-corrected chi connectivity index (χ3v) is 4.33. The van der Waals surface area contributed by atoms with E-state index in [-0.39, 0.29) is 22.1 Å². The van der Waals surface area contributed by atoms with Gasteiger partial charge in [0.15, 0.2) is 0 Å². The molecule has 3 nitrogen and oxygen atoms in total. The number of carbonyl (C=O) groups is 1. The van der Waals surface area contributed by atoms with E-state index in [1.165, 1.54) is 6.42 Å². The van der Waals surface area contributed by atoms with E-state index in [1.807, 2.05) is 0 Å². The molecule has 0 aromatic heterocycles. The third kappa shape index (κ3) is 4.40. The highest BCUT2D eigenvalue weighted by atomic mass is 79.9. The number of halogens is 3. The maximum Gasteiger partial charge on any atom is 0.242 e.